The molecule has 10 heteroatoms. The van der Waals surface area contributed by atoms with Gasteiger partial charge in [0.1, 0.15) is 0 Å². The summed E-state index contributed by atoms with van der Waals surface area (Å²) < 4.78 is 22.0. The maximum absolute atomic E-state index is 12.8. The van der Waals surface area contributed by atoms with Crippen molar-refractivity contribution in [2.24, 2.45) is 5.73 Å². The quantitative estimate of drug-likeness (QED) is 0.0235. The van der Waals surface area contributed by atoms with E-state index >= 15 is 0 Å². The number of aliphatic hydroxyl groups excluding tert-OH is 2. The molecule has 6 N–H and O–H groups in total. The molecule has 9 nitrogen and oxygen atoms in total. The molecule has 0 spiro atoms. The minimum Gasteiger partial charge on any atom is -0.393 e. The van der Waals surface area contributed by atoms with E-state index in [9.17, 15) is 24.5 Å². The van der Waals surface area contributed by atoms with Crippen molar-refractivity contribution >= 4 is 13.7 Å². The Labute approximate surface area is 325 Å². The van der Waals surface area contributed by atoms with Crippen molar-refractivity contribution in [3.8, 4) is 0 Å². The van der Waals surface area contributed by atoms with Crippen molar-refractivity contribution in [3.05, 3.63) is 48.6 Å². The Morgan fingerprint density at radius 2 is 1.08 bits per heavy atom. The minimum absolute atomic E-state index is 0.0401. The van der Waals surface area contributed by atoms with Crippen LogP contribution in [0, 0.1) is 0 Å². The molecule has 0 bridgehead atoms. The molecule has 0 radical (unpaired) electrons. The number of rotatable bonds is 39. The summed E-state index contributed by atoms with van der Waals surface area (Å²) in [6.45, 7) is 3.90. The number of hydrogen-bond donors (Lipinski definition) is 5. The average Bonchev–Trinajstić information content (AvgIpc) is 3.13. The third-order valence-electron chi connectivity index (χ3n) is 9.16. The Balaban J connectivity index is 4.41. The molecule has 310 valence electrons. The van der Waals surface area contributed by atoms with Gasteiger partial charge in [-0.25, -0.2) is 4.57 Å². The van der Waals surface area contributed by atoms with Gasteiger partial charge in [0.2, 0.25) is 5.91 Å². The van der Waals surface area contributed by atoms with Crippen LogP contribution in [0.1, 0.15) is 181 Å². The molecular formula is C43H81N2O7P. The van der Waals surface area contributed by atoms with Gasteiger partial charge in [0, 0.05) is 6.54 Å². The first-order valence-corrected chi connectivity index (χ1v) is 22.8. The molecule has 0 heterocycles. The maximum atomic E-state index is 12.8. The zero-order valence-corrected chi connectivity index (χ0v) is 34.8. The summed E-state index contributed by atoms with van der Waals surface area (Å²) in [5, 5.41) is 24.0. The van der Waals surface area contributed by atoms with Crippen LogP contribution in [-0.2, 0) is 18.4 Å². The second kappa shape index (κ2) is 38.7. The molecule has 0 aromatic heterocycles. The second-order valence-electron chi connectivity index (χ2n) is 14.4. The first-order chi connectivity index (χ1) is 25.8. The Kier molecular flexibility index (Phi) is 37.5. The van der Waals surface area contributed by atoms with E-state index in [0.717, 1.165) is 57.8 Å². The lowest BCUT2D eigenvalue weighted by Crippen LogP contribution is -2.46. The molecule has 1 amide bonds. The first-order valence-electron chi connectivity index (χ1n) is 21.3. The average molecular weight is 769 g/mol. The number of phosphoric ester groups is 1. The van der Waals surface area contributed by atoms with Crippen LogP contribution < -0.4 is 11.1 Å². The van der Waals surface area contributed by atoms with Crippen LogP contribution in [0.3, 0.4) is 0 Å². The highest BCUT2D eigenvalue weighted by Gasteiger charge is 2.27. The normalized spacial score (nSPS) is 15.2. The van der Waals surface area contributed by atoms with E-state index in [4.69, 9.17) is 14.8 Å². The SMILES string of the molecule is CCCCCC/C=C/CC/C=C/CC/C=C/C(O)C(COP(=O)(O)OCCN)NC(=O)CC(O)CCCCCCC/C=C\CCCCCCCCCC. The Hall–Kier alpha value is -1.58. The van der Waals surface area contributed by atoms with Crippen molar-refractivity contribution < 1.29 is 33.5 Å². The smallest absolute Gasteiger partial charge is 0.393 e. The van der Waals surface area contributed by atoms with Gasteiger partial charge in [-0.15, -0.1) is 0 Å². The highest BCUT2D eigenvalue weighted by Crippen LogP contribution is 2.43. The summed E-state index contributed by atoms with van der Waals surface area (Å²) in [6, 6.07) is -1.01. The molecular weight excluding hydrogens is 687 g/mol. The largest absolute Gasteiger partial charge is 0.472 e. The number of aliphatic hydroxyl groups is 2. The van der Waals surface area contributed by atoms with Crippen LogP contribution in [0.15, 0.2) is 48.6 Å². The number of nitrogens with two attached hydrogens (primary N) is 1. The molecule has 0 aromatic rings. The summed E-state index contributed by atoms with van der Waals surface area (Å²) in [7, 11) is -4.41. The molecule has 0 saturated heterocycles. The lowest BCUT2D eigenvalue weighted by atomic mass is 10.0. The molecule has 0 aliphatic carbocycles. The summed E-state index contributed by atoms with van der Waals surface area (Å²) in [5.74, 6) is -0.467. The van der Waals surface area contributed by atoms with Crippen molar-refractivity contribution in [3.63, 3.8) is 0 Å². The van der Waals surface area contributed by atoms with Crippen LogP contribution >= 0.6 is 7.82 Å². The van der Waals surface area contributed by atoms with Gasteiger partial charge in [0.25, 0.3) is 0 Å². The maximum Gasteiger partial charge on any atom is 0.472 e. The molecule has 0 fully saturated rings. The standard InChI is InChI=1S/C43H81N2O7P/c1-3-5-7-9-11-13-15-17-19-20-21-22-24-26-28-30-32-34-40(46)38-43(48)45-41(39-52-53(49,50)51-37-36-44)42(47)35-33-31-29-27-25-23-18-16-14-12-10-8-6-4-2/h14,16,20-21,25,27,33,35,40-42,46-47H,3-13,15,17-19,22-24,26,28-32,34,36-39,44H2,1-2H3,(H,45,48)(H,49,50)/b16-14+,21-20-,27-25+,35-33+. The van der Waals surface area contributed by atoms with E-state index in [1.54, 1.807) is 6.08 Å². The van der Waals surface area contributed by atoms with Gasteiger partial charge in [-0.1, -0.05) is 152 Å². The summed E-state index contributed by atoms with van der Waals surface area (Å²) in [5.41, 5.74) is 5.35. The van der Waals surface area contributed by atoms with E-state index in [2.05, 4.69) is 55.6 Å². The highest BCUT2D eigenvalue weighted by atomic mass is 31.2. The Bertz CT molecular complexity index is 988. The van der Waals surface area contributed by atoms with Crippen LogP contribution in [0.4, 0.5) is 0 Å². The van der Waals surface area contributed by atoms with Gasteiger partial charge < -0.3 is 26.2 Å². The molecule has 53 heavy (non-hydrogen) atoms. The molecule has 0 aliphatic rings. The number of carbonyl (C=O) groups is 1. The van der Waals surface area contributed by atoms with Gasteiger partial charge in [-0.05, 0) is 70.6 Å². The fourth-order valence-corrected chi connectivity index (χ4v) is 6.67. The number of unbranched alkanes of at least 4 members (excludes halogenated alkanes) is 19. The zero-order valence-electron chi connectivity index (χ0n) is 33.9. The molecule has 4 unspecified atom stereocenters. The van der Waals surface area contributed by atoms with E-state index in [1.165, 1.54) is 89.9 Å². The van der Waals surface area contributed by atoms with E-state index in [0.29, 0.717) is 12.8 Å². The molecule has 0 aromatic carbocycles. The van der Waals surface area contributed by atoms with E-state index < -0.39 is 38.6 Å². The van der Waals surface area contributed by atoms with Crippen LogP contribution in [-0.4, -0.2) is 59.0 Å². The van der Waals surface area contributed by atoms with Crippen molar-refractivity contribution in [2.75, 3.05) is 19.8 Å². The number of nitrogens with one attached hydrogen (secondary N) is 1. The fraction of sp³-hybridized carbons (Fsp3) is 0.791. The third-order valence-corrected chi connectivity index (χ3v) is 10.1. The third kappa shape index (κ3) is 37.1. The number of carbonyl (C=O) groups excluding carboxylic acids is 1. The van der Waals surface area contributed by atoms with Crippen LogP contribution in [0.2, 0.25) is 0 Å². The highest BCUT2D eigenvalue weighted by molar-refractivity contribution is 7.47. The second-order valence-corrected chi connectivity index (χ2v) is 15.8. The number of amides is 1. The van der Waals surface area contributed by atoms with Gasteiger partial charge in [0.15, 0.2) is 0 Å². The Morgan fingerprint density at radius 1 is 0.642 bits per heavy atom. The topological polar surface area (TPSA) is 151 Å². The van der Waals surface area contributed by atoms with Crippen molar-refractivity contribution in [1.82, 2.24) is 5.32 Å². The fourth-order valence-electron chi connectivity index (χ4n) is 5.91. The van der Waals surface area contributed by atoms with Crippen molar-refractivity contribution in [1.29, 1.82) is 0 Å². The number of phosphoric acid groups is 1. The summed E-state index contributed by atoms with van der Waals surface area (Å²) in [6.07, 6.45) is 43.4. The molecule has 0 saturated carbocycles. The molecule has 0 aliphatic heterocycles. The molecule has 4 atom stereocenters. The van der Waals surface area contributed by atoms with Gasteiger partial charge in [-0.3, -0.25) is 13.8 Å². The van der Waals surface area contributed by atoms with E-state index in [1.807, 2.05) is 6.08 Å². The number of hydrogen-bond acceptors (Lipinski definition) is 7. The zero-order chi connectivity index (χ0) is 39.1. The van der Waals surface area contributed by atoms with Gasteiger partial charge in [0.05, 0.1) is 37.9 Å². The summed E-state index contributed by atoms with van der Waals surface area (Å²) in [4.78, 5) is 22.7. The van der Waals surface area contributed by atoms with E-state index in [-0.39, 0.29) is 19.6 Å². The first kappa shape index (κ1) is 51.4. The minimum atomic E-state index is -4.41. The van der Waals surface area contributed by atoms with Gasteiger partial charge in [-0.2, -0.15) is 0 Å². The van der Waals surface area contributed by atoms with Gasteiger partial charge >= 0.3 is 7.82 Å². The monoisotopic (exact) mass is 769 g/mol. The lowest BCUT2D eigenvalue weighted by molar-refractivity contribution is -0.124. The molecule has 0 rings (SSSR count). The lowest BCUT2D eigenvalue weighted by Gasteiger charge is -2.24. The number of allylic oxidation sites excluding steroid dienone is 7. The van der Waals surface area contributed by atoms with Crippen molar-refractivity contribution in [2.45, 2.75) is 199 Å². The Morgan fingerprint density at radius 3 is 1.58 bits per heavy atom. The summed E-state index contributed by atoms with van der Waals surface area (Å²) >= 11 is 0. The van der Waals surface area contributed by atoms with Crippen LogP contribution in [0.25, 0.3) is 0 Å². The predicted molar refractivity (Wildman–Crippen MR) is 223 cm³/mol. The van der Waals surface area contributed by atoms with Crippen LogP contribution in [0.5, 0.6) is 0 Å². The predicted octanol–water partition coefficient (Wildman–Crippen LogP) is 10.7.